The summed E-state index contributed by atoms with van der Waals surface area (Å²) in [5, 5.41) is 0. The van der Waals surface area contributed by atoms with Crippen molar-refractivity contribution in [3.8, 4) is 5.75 Å². The van der Waals surface area contributed by atoms with Gasteiger partial charge in [0.25, 0.3) is 0 Å². The third kappa shape index (κ3) is 3.95. The number of hydrogen-bond donors (Lipinski definition) is 0. The number of carbonyl (C=O) groups excluding carboxylic acids is 1. The Morgan fingerprint density at radius 3 is 2.57 bits per heavy atom. The monoisotopic (exact) mass is 295 g/mol. The van der Waals surface area contributed by atoms with Gasteiger partial charge in [-0.2, -0.15) is 0 Å². The highest BCUT2D eigenvalue weighted by atomic mass is 16.5. The van der Waals surface area contributed by atoms with E-state index in [4.69, 9.17) is 14.2 Å². The number of aromatic nitrogens is 1. The highest BCUT2D eigenvalue weighted by Gasteiger charge is 2.15. The van der Waals surface area contributed by atoms with Crippen LogP contribution in [0.25, 0.3) is 6.08 Å². The standard InChI is InChI=1S/C15H21NO5/c1-6-21-15(18)10(2)7-11-12(9-19-4)16(3)8-13(20-5)14(11)17/h7-8H,6,9H2,1-5H3/b10-7+. The molecular weight excluding hydrogens is 274 g/mol. The van der Waals surface area contributed by atoms with Crippen LogP contribution >= 0.6 is 0 Å². The summed E-state index contributed by atoms with van der Waals surface area (Å²) < 4.78 is 16.9. The van der Waals surface area contributed by atoms with Crippen LogP contribution in [0.4, 0.5) is 0 Å². The Morgan fingerprint density at radius 1 is 1.38 bits per heavy atom. The zero-order valence-electron chi connectivity index (χ0n) is 13.1. The van der Waals surface area contributed by atoms with Crippen molar-refractivity contribution in [2.24, 2.45) is 7.05 Å². The number of aryl methyl sites for hydroxylation is 1. The van der Waals surface area contributed by atoms with Crippen LogP contribution in [-0.4, -0.2) is 31.4 Å². The van der Waals surface area contributed by atoms with E-state index in [1.54, 1.807) is 38.8 Å². The number of hydrogen-bond acceptors (Lipinski definition) is 5. The van der Waals surface area contributed by atoms with Gasteiger partial charge in [-0.15, -0.1) is 0 Å². The van der Waals surface area contributed by atoms with Crippen molar-refractivity contribution in [2.75, 3.05) is 20.8 Å². The second kappa shape index (κ2) is 7.64. The van der Waals surface area contributed by atoms with E-state index < -0.39 is 5.97 Å². The molecule has 21 heavy (non-hydrogen) atoms. The predicted molar refractivity (Wildman–Crippen MR) is 79.2 cm³/mol. The van der Waals surface area contributed by atoms with Gasteiger partial charge in [0.15, 0.2) is 5.75 Å². The van der Waals surface area contributed by atoms with Crippen LogP contribution in [0.1, 0.15) is 25.1 Å². The Morgan fingerprint density at radius 2 is 2.05 bits per heavy atom. The Hall–Kier alpha value is -2.08. The van der Waals surface area contributed by atoms with Gasteiger partial charge in [-0.1, -0.05) is 0 Å². The minimum Gasteiger partial charge on any atom is -0.491 e. The van der Waals surface area contributed by atoms with Gasteiger partial charge < -0.3 is 18.8 Å². The molecular formula is C15H21NO5. The molecule has 1 aromatic heterocycles. The zero-order valence-corrected chi connectivity index (χ0v) is 13.1. The molecule has 0 N–H and O–H groups in total. The maximum Gasteiger partial charge on any atom is 0.333 e. The molecule has 0 amide bonds. The Kier molecular flexibility index (Phi) is 6.17. The van der Waals surface area contributed by atoms with Crippen LogP contribution in [0.5, 0.6) is 5.75 Å². The molecule has 0 aliphatic rings. The van der Waals surface area contributed by atoms with Gasteiger partial charge in [0.2, 0.25) is 5.43 Å². The Balaban J connectivity index is 3.44. The van der Waals surface area contributed by atoms with Crippen LogP contribution in [0.2, 0.25) is 0 Å². The van der Waals surface area contributed by atoms with Crippen LogP contribution in [0, 0.1) is 0 Å². The predicted octanol–water partition coefficient (Wildman–Crippen LogP) is 1.51. The highest BCUT2D eigenvalue weighted by molar-refractivity contribution is 5.93. The van der Waals surface area contributed by atoms with Crippen molar-refractivity contribution in [3.63, 3.8) is 0 Å². The smallest absolute Gasteiger partial charge is 0.333 e. The lowest BCUT2D eigenvalue weighted by molar-refractivity contribution is -0.138. The first-order valence-corrected chi connectivity index (χ1v) is 6.57. The maximum absolute atomic E-state index is 12.4. The van der Waals surface area contributed by atoms with E-state index >= 15 is 0 Å². The van der Waals surface area contributed by atoms with E-state index in [0.29, 0.717) is 16.8 Å². The quantitative estimate of drug-likeness (QED) is 0.588. The van der Waals surface area contributed by atoms with Gasteiger partial charge in [-0.25, -0.2) is 4.79 Å². The minimum atomic E-state index is -0.453. The highest BCUT2D eigenvalue weighted by Crippen LogP contribution is 2.15. The van der Waals surface area contributed by atoms with Crippen LogP contribution in [0.3, 0.4) is 0 Å². The molecule has 0 spiro atoms. The molecule has 6 heteroatoms. The summed E-state index contributed by atoms with van der Waals surface area (Å²) in [5.41, 5.74) is 1.09. The number of ether oxygens (including phenoxy) is 3. The zero-order chi connectivity index (χ0) is 16.0. The summed E-state index contributed by atoms with van der Waals surface area (Å²) in [6.45, 7) is 3.86. The average Bonchev–Trinajstić information content (AvgIpc) is 2.46. The fraction of sp³-hybridized carbons (Fsp3) is 0.467. The van der Waals surface area contributed by atoms with Crippen LogP contribution in [0.15, 0.2) is 16.6 Å². The molecule has 0 aromatic carbocycles. The van der Waals surface area contributed by atoms with Gasteiger partial charge in [-0.05, 0) is 19.9 Å². The van der Waals surface area contributed by atoms with Crippen molar-refractivity contribution < 1.29 is 19.0 Å². The van der Waals surface area contributed by atoms with Gasteiger partial charge >= 0.3 is 5.97 Å². The molecule has 0 radical (unpaired) electrons. The second-order valence-electron chi connectivity index (χ2n) is 4.48. The van der Waals surface area contributed by atoms with Crippen LogP contribution < -0.4 is 10.2 Å². The molecule has 0 bridgehead atoms. The number of esters is 1. The van der Waals surface area contributed by atoms with Crippen molar-refractivity contribution in [2.45, 2.75) is 20.5 Å². The van der Waals surface area contributed by atoms with E-state index in [2.05, 4.69) is 0 Å². The molecule has 0 aliphatic heterocycles. The van der Waals surface area contributed by atoms with Gasteiger partial charge in [0, 0.05) is 25.3 Å². The van der Waals surface area contributed by atoms with E-state index in [9.17, 15) is 9.59 Å². The fourth-order valence-electron chi connectivity index (χ4n) is 1.90. The Labute approximate surface area is 123 Å². The number of rotatable bonds is 6. The molecule has 0 atom stereocenters. The molecule has 0 aliphatic carbocycles. The summed E-state index contributed by atoms with van der Waals surface area (Å²) in [5.74, 6) is -0.244. The molecule has 0 fully saturated rings. The van der Waals surface area contributed by atoms with Crippen molar-refractivity contribution in [3.05, 3.63) is 33.3 Å². The van der Waals surface area contributed by atoms with Crippen molar-refractivity contribution >= 4 is 12.0 Å². The lowest BCUT2D eigenvalue weighted by Gasteiger charge is -2.14. The summed E-state index contributed by atoms with van der Waals surface area (Å²) in [7, 11) is 4.76. The van der Waals surface area contributed by atoms with E-state index in [1.807, 2.05) is 0 Å². The summed E-state index contributed by atoms with van der Waals surface area (Å²) in [6, 6.07) is 0. The molecule has 6 nitrogen and oxygen atoms in total. The van der Waals surface area contributed by atoms with E-state index in [-0.39, 0.29) is 24.4 Å². The summed E-state index contributed by atoms with van der Waals surface area (Å²) in [6.07, 6.45) is 3.10. The minimum absolute atomic E-state index is 0.209. The average molecular weight is 295 g/mol. The van der Waals surface area contributed by atoms with Crippen LogP contribution in [-0.2, 0) is 27.9 Å². The van der Waals surface area contributed by atoms with E-state index in [1.165, 1.54) is 13.2 Å². The third-order valence-electron chi connectivity index (χ3n) is 2.98. The molecule has 0 saturated heterocycles. The van der Waals surface area contributed by atoms with Crippen molar-refractivity contribution in [1.82, 2.24) is 4.57 Å². The molecule has 1 aromatic rings. The van der Waals surface area contributed by atoms with Gasteiger partial charge in [0.05, 0.1) is 32.2 Å². The number of nitrogens with zero attached hydrogens (tertiary/aromatic N) is 1. The Bertz CT molecular complexity index is 601. The van der Waals surface area contributed by atoms with Gasteiger partial charge in [-0.3, -0.25) is 4.79 Å². The maximum atomic E-state index is 12.4. The summed E-state index contributed by atoms with van der Waals surface area (Å²) in [4.78, 5) is 24.1. The topological polar surface area (TPSA) is 66.8 Å². The fourth-order valence-corrected chi connectivity index (χ4v) is 1.90. The number of methoxy groups -OCH3 is 2. The van der Waals surface area contributed by atoms with Gasteiger partial charge in [0.1, 0.15) is 0 Å². The largest absolute Gasteiger partial charge is 0.491 e. The summed E-state index contributed by atoms with van der Waals surface area (Å²) >= 11 is 0. The first kappa shape index (κ1) is 17.0. The molecule has 1 heterocycles. The first-order valence-electron chi connectivity index (χ1n) is 6.57. The first-order chi connectivity index (χ1) is 9.96. The SMILES string of the molecule is CCOC(=O)/C(C)=C/c1c(COC)n(C)cc(OC)c1=O. The molecule has 0 unspecified atom stereocenters. The third-order valence-corrected chi connectivity index (χ3v) is 2.98. The second-order valence-corrected chi connectivity index (χ2v) is 4.48. The molecule has 0 saturated carbocycles. The number of carbonyl (C=O) groups is 1. The van der Waals surface area contributed by atoms with E-state index in [0.717, 1.165) is 0 Å². The molecule has 1 rings (SSSR count). The van der Waals surface area contributed by atoms with Crippen molar-refractivity contribution in [1.29, 1.82) is 0 Å². The molecule has 116 valence electrons. The number of pyridine rings is 1. The lowest BCUT2D eigenvalue weighted by atomic mass is 10.1. The lowest BCUT2D eigenvalue weighted by Crippen LogP contribution is -2.18. The normalized spacial score (nSPS) is 11.4.